The van der Waals surface area contributed by atoms with E-state index in [2.05, 4.69) is 24.3 Å². The summed E-state index contributed by atoms with van der Waals surface area (Å²) in [5, 5.41) is 7.15. The number of hydrogen-bond donors (Lipinski definition) is 1. The zero-order valence-electron chi connectivity index (χ0n) is 9.32. The van der Waals surface area contributed by atoms with Gasteiger partial charge in [0.15, 0.2) is 0 Å². The fraction of sp³-hybridized carbons (Fsp3) is 0.727. The lowest BCUT2D eigenvalue weighted by molar-refractivity contribution is -0.0143. The van der Waals surface area contributed by atoms with Crippen molar-refractivity contribution in [3.05, 3.63) is 18.0 Å². The van der Waals surface area contributed by atoms with Crippen LogP contribution in [0.15, 0.2) is 16.9 Å². The summed E-state index contributed by atoms with van der Waals surface area (Å²) < 4.78 is 10.6. The van der Waals surface area contributed by atoms with E-state index in [0.29, 0.717) is 6.10 Å². The molecule has 4 nitrogen and oxygen atoms in total. The first kappa shape index (κ1) is 10.6. The predicted molar refractivity (Wildman–Crippen MR) is 56.4 cm³/mol. The largest absolute Gasteiger partial charge is 0.371 e. The van der Waals surface area contributed by atoms with E-state index in [1.807, 2.05) is 6.07 Å². The van der Waals surface area contributed by atoms with Crippen LogP contribution in [0.2, 0.25) is 0 Å². The molecule has 0 aromatic carbocycles. The number of nitrogens with zero attached hydrogens (tertiary/aromatic N) is 1. The van der Waals surface area contributed by atoms with Crippen LogP contribution < -0.4 is 5.32 Å². The molecule has 1 fully saturated rings. The van der Waals surface area contributed by atoms with E-state index in [1.54, 1.807) is 6.26 Å². The van der Waals surface area contributed by atoms with Crippen molar-refractivity contribution in [3.63, 3.8) is 0 Å². The SMILES string of the molecule is CC1(C)CCC(CNCc2ccon2)O1. The Morgan fingerprint density at radius 2 is 2.47 bits per heavy atom. The maximum atomic E-state index is 5.86. The molecule has 1 aliphatic heterocycles. The summed E-state index contributed by atoms with van der Waals surface area (Å²) in [6.07, 6.45) is 4.21. The normalized spacial score (nSPS) is 24.5. The Bertz CT molecular complexity index is 296. The zero-order valence-corrected chi connectivity index (χ0v) is 9.32. The second kappa shape index (κ2) is 4.33. The average Bonchev–Trinajstić information content (AvgIpc) is 2.76. The van der Waals surface area contributed by atoms with Crippen molar-refractivity contribution in [2.75, 3.05) is 6.54 Å². The van der Waals surface area contributed by atoms with Gasteiger partial charge in [0.25, 0.3) is 0 Å². The van der Waals surface area contributed by atoms with Crippen LogP contribution in [-0.2, 0) is 11.3 Å². The van der Waals surface area contributed by atoms with E-state index in [0.717, 1.165) is 31.6 Å². The summed E-state index contributed by atoms with van der Waals surface area (Å²) >= 11 is 0. The Morgan fingerprint density at radius 3 is 3.07 bits per heavy atom. The van der Waals surface area contributed by atoms with Crippen LogP contribution in [0.5, 0.6) is 0 Å². The quantitative estimate of drug-likeness (QED) is 0.822. The molecule has 1 atom stereocenters. The average molecular weight is 210 g/mol. The minimum Gasteiger partial charge on any atom is -0.371 e. The lowest BCUT2D eigenvalue weighted by Crippen LogP contribution is -2.29. The summed E-state index contributed by atoms with van der Waals surface area (Å²) in [6.45, 7) is 5.92. The van der Waals surface area contributed by atoms with Gasteiger partial charge in [-0.1, -0.05) is 5.16 Å². The molecule has 15 heavy (non-hydrogen) atoms. The molecule has 1 unspecified atom stereocenters. The maximum absolute atomic E-state index is 5.86. The van der Waals surface area contributed by atoms with Gasteiger partial charge in [-0.05, 0) is 26.7 Å². The lowest BCUT2D eigenvalue weighted by atomic mass is 10.1. The number of hydrogen-bond acceptors (Lipinski definition) is 4. The maximum Gasteiger partial charge on any atom is 0.124 e. The molecule has 2 rings (SSSR count). The summed E-state index contributed by atoms with van der Waals surface area (Å²) in [4.78, 5) is 0. The van der Waals surface area contributed by atoms with Crippen molar-refractivity contribution in [1.29, 1.82) is 0 Å². The van der Waals surface area contributed by atoms with Crippen molar-refractivity contribution in [2.24, 2.45) is 0 Å². The first-order valence-electron chi connectivity index (χ1n) is 5.43. The molecule has 2 heterocycles. The van der Waals surface area contributed by atoms with Gasteiger partial charge in [-0.15, -0.1) is 0 Å². The molecule has 4 heteroatoms. The Kier molecular flexibility index (Phi) is 3.07. The van der Waals surface area contributed by atoms with E-state index in [9.17, 15) is 0 Å². The minimum atomic E-state index is 0.0558. The fourth-order valence-corrected chi connectivity index (χ4v) is 1.91. The van der Waals surface area contributed by atoms with Gasteiger partial charge in [0, 0.05) is 19.2 Å². The van der Waals surface area contributed by atoms with Crippen LogP contribution in [0.3, 0.4) is 0 Å². The molecular formula is C11H18N2O2. The summed E-state index contributed by atoms with van der Waals surface area (Å²) in [5.41, 5.74) is 0.993. The smallest absolute Gasteiger partial charge is 0.124 e. The molecule has 1 aliphatic rings. The molecule has 0 amide bonds. The van der Waals surface area contributed by atoms with Gasteiger partial charge in [0.05, 0.1) is 17.4 Å². The topological polar surface area (TPSA) is 47.3 Å². The van der Waals surface area contributed by atoms with E-state index < -0.39 is 0 Å². The number of nitrogens with one attached hydrogen (secondary N) is 1. The summed E-state index contributed by atoms with van der Waals surface area (Å²) in [7, 11) is 0. The monoisotopic (exact) mass is 210 g/mol. The molecule has 0 spiro atoms. The Balaban J connectivity index is 1.67. The minimum absolute atomic E-state index is 0.0558. The van der Waals surface area contributed by atoms with Crippen molar-refractivity contribution >= 4 is 0 Å². The molecule has 1 aromatic rings. The van der Waals surface area contributed by atoms with Crippen molar-refractivity contribution in [1.82, 2.24) is 10.5 Å². The van der Waals surface area contributed by atoms with E-state index in [4.69, 9.17) is 9.26 Å². The third kappa shape index (κ3) is 3.04. The van der Waals surface area contributed by atoms with Crippen LogP contribution in [0, 0.1) is 0 Å². The van der Waals surface area contributed by atoms with E-state index >= 15 is 0 Å². The molecule has 1 aromatic heterocycles. The first-order valence-corrected chi connectivity index (χ1v) is 5.43. The highest BCUT2D eigenvalue weighted by Crippen LogP contribution is 2.28. The molecule has 0 bridgehead atoms. The van der Waals surface area contributed by atoms with Gasteiger partial charge >= 0.3 is 0 Å². The van der Waals surface area contributed by atoms with Crippen molar-refractivity contribution in [3.8, 4) is 0 Å². The second-order valence-electron chi connectivity index (χ2n) is 4.66. The van der Waals surface area contributed by atoms with Gasteiger partial charge in [0.1, 0.15) is 6.26 Å². The summed E-state index contributed by atoms with van der Waals surface area (Å²) in [6, 6.07) is 1.87. The molecule has 0 saturated carbocycles. The van der Waals surface area contributed by atoms with Crippen LogP contribution in [0.25, 0.3) is 0 Å². The zero-order chi connectivity index (χ0) is 10.7. The number of ether oxygens (including phenoxy) is 1. The highest BCUT2D eigenvalue weighted by atomic mass is 16.5. The number of aromatic nitrogens is 1. The fourth-order valence-electron chi connectivity index (χ4n) is 1.91. The first-order chi connectivity index (χ1) is 7.16. The van der Waals surface area contributed by atoms with Crippen molar-refractivity contribution < 1.29 is 9.26 Å². The predicted octanol–water partition coefficient (Wildman–Crippen LogP) is 1.72. The van der Waals surface area contributed by atoms with Gasteiger partial charge in [-0.3, -0.25) is 0 Å². The molecule has 84 valence electrons. The molecule has 1 saturated heterocycles. The molecule has 0 aliphatic carbocycles. The van der Waals surface area contributed by atoms with Gasteiger partial charge in [-0.2, -0.15) is 0 Å². The van der Waals surface area contributed by atoms with E-state index in [-0.39, 0.29) is 5.60 Å². The van der Waals surface area contributed by atoms with Gasteiger partial charge in [0.2, 0.25) is 0 Å². The molecular weight excluding hydrogens is 192 g/mol. The highest BCUT2D eigenvalue weighted by Gasteiger charge is 2.31. The summed E-state index contributed by atoms with van der Waals surface area (Å²) in [5.74, 6) is 0. The number of rotatable bonds is 4. The second-order valence-corrected chi connectivity index (χ2v) is 4.66. The van der Waals surface area contributed by atoms with E-state index in [1.165, 1.54) is 0 Å². The third-order valence-electron chi connectivity index (χ3n) is 2.72. The Hall–Kier alpha value is -0.870. The molecule has 1 N–H and O–H groups in total. The van der Waals surface area contributed by atoms with Crippen LogP contribution in [0.1, 0.15) is 32.4 Å². The van der Waals surface area contributed by atoms with Gasteiger partial charge in [-0.25, -0.2) is 0 Å². The molecule has 0 radical (unpaired) electrons. The Labute approximate surface area is 90.0 Å². The van der Waals surface area contributed by atoms with Crippen LogP contribution in [-0.4, -0.2) is 23.4 Å². The standard InChI is InChI=1S/C11H18N2O2/c1-11(2)5-3-10(15-11)8-12-7-9-4-6-14-13-9/h4,6,10,12H,3,5,7-8H2,1-2H3. The highest BCUT2D eigenvalue weighted by molar-refractivity contribution is 4.94. The third-order valence-corrected chi connectivity index (χ3v) is 2.72. The Morgan fingerprint density at radius 1 is 1.60 bits per heavy atom. The van der Waals surface area contributed by atoms with Crippen LogP contribution in [0.4, 0.5) is 0 Å². The van der Waals surface area contributed by atoms with Crippen molar-refractivity contribution in [2.45, 2.75) is 44.9 Å². The van der Waals surface area contributed by atoms with Crippen LogP contribution >= 0.6 is 0 Å². The lowest BCUT2D eigenvalue weighted by Gasteiger charge is -2.19. The van der Waals surface area contributed by atoms with Gasteiger partial charge < -0.3 is 14.6 Å².